The highest BCUT2D eigenvalue weighted by atomic mass is 79.9. The van der Waals surface area contributed by atoms with Crippen molar-refractivity contribution in [3.63, 3.8) is 0 Å². The summed E-state index contributed by atoms with van der Waals surface area (Å²) in [6.45, 7) is 0. The van der Waals surface area contributed by atoms with Crippen molar-refractivity contribution in [2.75, 3.05) is 0 Å². The average molecular weight is 357 g/mol. The maximum Gasteiger partial charge on any atom is 0.343 e. The number of rotatable bonds is 1. The number of benzene rings is 1. The van der Waals surface area contributed by atoms with Gasteiger partial charge < -0.3 is 9.29 Å². The molecule has 0 amide bonds. The molecule has 0 N–H and O–H groups in total. The number of fused-ring (bicyclic) bond motifs is 1. The Morgan fingerprint density at radius 2 is 2.05 bits per heavy atom. The number of nitrogens with zero attached hydrogens (tertiary/aromatic N) is 1. The third kappa shape index (κ3) is 2.23. The summed E-state index contributed by atoms with van der Waals surface area (Å²) in [6, 6.07) is 9.14. The summed E-state index contributed by atoms with van der Waals surface area (Å²) in [5, 5.41) is 0.963. The molecule has 1 aromatic heterocycles. The van der Waals surface area contributed by atoms with Gasteiger partial charge in [0, 0.05) is 43.3 Å². The van der Waals surface area contributed by atoms with Gasteiger partial charge in [-0.05, 0) is 6.07 Å². The molecule has 1 aliphatic rings. The highest BCUT2D eigenvalue weighted by molar-refractivity contribution is 9.11. The lowest BCUT2D eigenvalue weighted by Gasteiger charge is -2.05. The minimum atomic E-state index is -1.34. The van der Waals surface area contributed by atoms with Crippen LogP contribution in [0.15, 0.2) is 51.6 Å². The summed E-state index contributed by atoms with van der Waals surface area (Å²) in [5.41, 5.74) is 2.11. The van der Waals surface area contributed by atoms with Crippen molar-refractivity contribution in [1.82, 2.24) is 0 Å². The van der Waals surface area contributed by atoms with E-state index in [-0.39, 0.29) is 0 Å². The first-order valence-corrected chi connectivity index (χ1v) is 7.68. The fourth-order valence-corrected chi connectivity index (χ4v) is 3.62. The molecule has 0 saturated carbocycles. The summed E-state index contributed by atoms with van der Waals surface area (Å²) >= 11 is 9.46. The van der Waals surface area contributed by atoms with Crippen LogP contribution >= 0.6 is 38.3 Å². The molecular formula is C13H7BrClNO2S. The largest absolute Gasteiger partial charge is 0.587 e. The van der Waals surface area contributed by atoms with Crippen molar-refractivity contribution >= 4 is 44.0 Å². The van der Waals surface area contributed by atoms with E-state index in [0.717, 1.165) is 5.56 Å². The van der Waals surface area contributed by atoms with Gasteiger partial charge >= 0.3 is 5.06 Å². The highest BCUT2D eigenvalue weighted by Crippen LogP contribution is 2.44. The number of hydrogen-bond acceptors (Lipinski definition) is 3. The number of thiophene rings is 1. The molecule has 2 heterocycles. The monoisotopic (exact) mass is 355 g/mol. The molecule has 0 radical (unpaired) electrons. The van der Waals surface area contributed by atoms with Crippen LogP contribution in [0.1, 0.15) is 11.1 Å². The van der Waals surface area contributed by atoms with Crippen LogP contribution in [0.4, 0.5) is 0 Å². The van der Waals surface area contributed by atoms with Crippen LogP contribution in [0.5, 0.6) is 5.06 Å². The molecule has 3 nitrogen and oxygen atoms in total. The summed E-state index contributed by atoms with van der Waals surface area (Å²) < 4.78 is 18.0. The van der Waals surface area contributed by atoms with E-state index in [9.17, 15) is 4.55 Å². The van der Waals surface area contributed by atoms with Crippen molar-refractivity contribution < 1.29 is 9.29 Å². The highest BCUT2D eigenvalue weighted by Gasteiger charge is 2.27. The Morgan fingerprint density at radius 3 is 2.84 bits per heavy atom. The number of hydrogen-bond donors (Lipinski definition) is 0. The molecule has 6 heteroatoms. The zero-order valence-electron chi connectivity index (χ0n) is 9.47. The van der Waals surface area contributed by atoms with E-state index in [1.54, 1.807) is 12.1 Å². The quantitative estimate of drug-likeness (QED) is 0.705. The van der Waals surface area contributed by atoms with Crippen molar-refractivity contribution in [2.45, 2.75) is 0 Å². The zero-order chi connectivity index (χ0) is 13.4. The van der Waals surface area contributed by atoms with Crippen molar-refractivity contribution in [2.24, 2.45) is 4.99 Å². The molecular weight excluding hydrogens is 350 g/mol. The summed E-state index contributed by atoms with van der Waals surface area (Å²) in [7, 11) is -1.34. The summed E-state index contributed by atoms with van der Waals surface area (Å²) in [5.74, 6) is 0. The Morgan fingerprint density at radius 1 is 1.26 bits per heavy atom. The third-order valence-electron chi connectivity index (χ3n) is 2.65. The lowest BCUT2D eigenvalue weighted by atomic mass is 10.0. The first kappa shape index (κ1) is 12.9. The molecule has 0 aliphatic carbocycles. The van der Waals surface area contributed by atoms with Gasteiger partial charge in [0.1, 0.15) is 11.8 Å². The molecule has 0 bridgehead atoms. The van der Waals surface area contributed by atoms with Gasteiger partial charge in [-0.3, -0.25) is 4.99 Å². The molecule has 3 rings (SSSR count). The van der Waals surface area contributed by atoms with Crippen molar-refractivity contribution in [3.8, 4) is 5.06 Å². The van der Waals surface area contributed by atoms with Gasteiger partial charge in [-0.15, -0.1) is 0 Å². The molecule has 2 aromatic rings. The number of ether oxygens (including phenoxy) is 1. The Balaban J connectivity index is 2.24. The molecule has 96 valence electrons. The van der Waals surface area contributed by atoms with E-state index < -0.39 is 10.8 Å². The fourth-order valence-electron chi connectivity index (χ4n) is 1.82. The van der Waals surface area contributed by atoms with Gasteiger partial charge in [0.25, 0.3) is 0 Å². The second-order valence-electron chi connectivity index (χ2n) is 3.78. The second kappa shape index (κ2) is 5.09. The van der Waals surface area contributed by atoms with Crippen molar-refractivity contribution in [1.29, 1.82) is 0 Å². The van der Waals surface area contributed by atoms with E-state index in [1.807, 2.05) is 18.2 Å². The SMILES string of the molecule is [O-][s+]1c(Br)cc2c1OC=CN=C2c1ccccc1Cl. The Hall–Kier alpha value is -1.14. The molecule has 0 saturated heterocycles. The maximum atomic E-state index is 12.0. The Labute approximate surface area is 126 Å². The first-order valence-electron chi connectivity index (χ1n) is 5.36. The Bertz CT molecular complexity index is 709. The van der Waals surface area contributed by atoms with Crippen molar-refractivity contribution in [3.05, 3.63) is 62.7 Å². The van der Waals surface area contributed by atoms with Gasteiger partial charge in [-0.2, -0.15) is 0 Å². The second-order valence-corrected chi connectivity index (χ2v) is 6.91. The summed E-state index contributed by atoms with van der Waals surface area (Å²) in [6.07, 6.45) is 2.94. The van der Waals surface area contributed by atoms with Crippen LogP contribution < -0.4 is 4.74 Å². The van der Waals surface area contributed by atoms with Gasteiger partial charge in [-0.25, -0.2) is 0 Å². The van der Waals surface area contributed by atoms with Crippen LogP contribution in [-0.2, 0) is 0 Å². The third-order valence-corrected chi connectivity index (χ3v) is 5.21. The normalized spacial score (nSPS) is 14.5. The molecule has 1 unspecified atom stereocenters. The van der Waals surface area contributed by atoms with Crippen LogP contribution in [0.2, 0.25) is 5.02 Å². The maximum absolute atomic E-state index is 12.0. The van der Waals surface area contributed by atoms with Gasteiger partial charge in [0.05, 0.1) is 11.9 Å². The summed E-state index contributed by atoms with van der Waals surface area (Å²) in [4.78, 5) is 4.33. The number of halogens is 2. The average Bonchev–Trinajstić information content (AvgIpc) is 2.59. The smallest absolute Gasteiger partial charge is 0.343 e. The van der Waals surface area contributed by atoms with Crippen LogP contribution in [0.25, 0.3) is 0 Å². The van der Waals surface area contributed by atoms with Crippen LogP contribution in [0.3, 0.4) is 0 Å². The lowest BCUT2D eigenvalue weighted by molar-refractivity contribution is 0.481. The van der Waals surface area contributed by atoms with Gasteiger partial charge in [-0.1, -0.05) is 29.8 Å². The molecule has 1 aliphatic heterocycles. The molecule has 0 fully saturated rings. The predicted octanol–water partition coefficient (Wildman–Crippen LogP) is 4.53. The van der Waals surface area contributed by atoms with E-state index in [2.05, 4.69) is 20.9 Å². The predicted molar refractivity (Wildman–Crippen MR) is 79.7 cm³/mol. The molecule has 1 atom stereocenters. The minimum absolute atomic E-state index is 0.374. The van der Waals surface area contributed by atoms with Gasteiger partial charge in [0.2, 0.25) is 3.79 Å². The molecule has 19 heavy (non-hydrogen) atoms. The first-order chi connectivity index (χ1) is 9.18. The van der Waals surface area contributed by atoms with E-state index >= 15 is 0 Å². The molecule has 1 aromatic carbocycles. The van der Waals surface area contributed by atoms with Crippen LogP contribution in [0, 0.1) is 0 Å². The zero-order valence-corrected chi connectivity index (χ0v) is 12.6. The van der Waals surface area contributed by atoms with E-state index in [0.29, 0.717) is 25.1 Å². The van der Waals surface area contributed by atoms with E-state index in [1.165, 1.54) is 12.5 Å². The number of aliphatic imine (C=N–C) groups is 1. The van der Waals surface area contributed by atoms with E-state index in [4.69, 9.17) is 16.3 Å². The Kier molecular flexibility index (Phi) is 3.45. The lowest BCUT2D eigenvalue weighted by Crippen LogP contribution is -2.02. The minimum Gasteiger partial charge on any atom is -0.587 e. The van der Waals surface area contributed by atoms with Gasteiger partial charge in [0.15, 0.2) is 0 Å². The fraction of sp³-hybridized carbons (Fsp3) is 0. The standard InChI is InChI=1S/C13H7BrClNO2S/c14-11-7-9-12(8-3-1-2-4-10(8)15)16-5-6-18-13(9)19(11)17/h1-7H. The topological polar surface area (TPSA) is 44.6 Å². The van der Waals surface area contributed by atoms with Crippen LogP contribution in [-0.4, -0.2) is 10.3 Å². The molecule has 0 spiro atoms.